The third-order valence-corrected chi connectivity index (χ3v) is 6.49. The van der Waals surface area contributed by atoms with Gasteiger partial charge in [0.25, 0.3) is 17.4 Å². The van der Waals surface area contributed by atoms with E-state index >= 15 is 0 Å². The smallest absolute Gasteiger partial charge is 0.270 e. The maximum atomic E-state index is 14.4. The van der Waals surface area contributed by atoms with Crippen molar-refractivity contribution in [2.75, 3.05) is 13.1 Å². The molecular weight excluding hydrogens is 433 g/mol. The fraction of sp³-hybridized carbons (Fsp3) is 0.222. The molecule has 2 amide bonds. The number of nitrogens with zero attached hydrogens (tertiary/aromatic N) is 2. The Kier molecular flexibility index (Phi) is 5.84. The Morgan fingerprint density at radius 3 is 2.47 bits per heavy atom. The second-order valence-electron chi connectivity index (χ2n) is 8.81. The van der Waals surface area contributed by atoms with Crippen LogP contribution in [0.2, 0.25) is 0 Å². The van der Waals surface area contributed by atoms with E-state index in [4.69, 9.17) is 0 Å². The van der Waals surface area contributed by atoms with Gasteiger partial charge in [-0.2, -0.15) is 0 Å². The van der Waals surface area contributed by atoms with Crippen molar-refractivity contribution in [1.29, 1.82) is 0 Å². The molecule has 1 fully saturated rings. The number of carbonyl (C=O) groups is 2. The maximum absolute atomic E-state index is 14.4. The highest BCUT2D eigenvalue weighted by molar-refractivity contribution is 6.05. The van der Waals surface area contributed by atoms with Crippen LogP contribution in [0.3, 0.4) is 0 Å². The summed E-state index contributed by atoms with van der Waals surface area (Å²) in [7, 11) is 0. The predicted molar refractivity (Wildman–Crippen MR) is 126 cm³/mol. The van der Waals surface area contributed by atoms with Gasteiger partial charge < -0.3 is 14.8 Å². The average molecular weight is 458 g/mol. The van der Waals surface area contributed by atoms with Crippen molar-refractivity contribution in [3.8, 4) is 0 Å². The quantitative estimate of drug-likeness (QED) is 0.611. The molecule has 2 aromatic carbocycles. The van der Waals surface area contributed by atoms with Gasteiger partial charge in [0.15, 0.2) is 0 Å². The van der Waals surface area contributed by atoms with Crippen LogP contribution in [0, 0.1) is 11.7 Å². The van der Waals surface area contributed by atoms with Crippen LogP contribution < -0.4 is 10.9 Å². The lowest BCUT2D eigenvalue weighted by atomic mass is 9.83. The molecule has 0 radical (unpaired) electrons. The van der Waals surface area contributed by atoms with E-state index in [1.165, 1.54) is 12.1 Å². The van der Waals surface area contributed by atoms with Crippen LogP contribution >= 0.6 is 0 Å². The monoisotopic (exact) mass is 457 g/mol. The molecule has 2 bridgehead atoms. The Balaban J connectivity index is 1.45. The van der Waals surface area contributed by atoms with Crippen molar-refractivity contribution in [3.05, 3.63) is 111 Å². The van der Waals surface area contributed by atoms with E-state index in [2.05, 4.69) is 5.32 Å². The Labute approximate surface area is 196 Å². The topological polar surface area (TPSA) is 71.4 Å². The van der Waals surface area contributed by atoms with Crippen molar-refractivity contribution in [3.63, 3.8) is 0 Å². The number of carbonyl (C=O) groups excluding carboxylic acids is 2. The summed E-state index contributed by atoms with van der Waals surface area (Å²) in [5, 5.41) is 2.71. The molecule has 3 heterocycles. The number of benzene rings is 2. The third kappa shape index (κ3) is 4.29. The summed E-state index contributed by atoms with van der Waals surface area (Å²) >= 11 is 0. The van der Waals surface area contributed by atoms with E-state index in [1.54, 1.807) is 70.1 Å². The molecule has 2 atom stereocenters. The SMILES string of the molecule is O=C(N/C(=C\c1ccccc1F)C(=O)N1CC2CC(C1)c1cccc(=O)n1C2)c1ccccc1. The molecule has 2 unspecified atom stereocenters. The number of hydrogen-bond acceptors (Lipinski definition) is 3. The van der Waals surface area contributed by atoms with E-state index in [9.17, 15) is 18.8 Å². The lowest BCUT2D eigenvalue weighted by Crippen LogP contribution is -2.50. The summed E-state index contributed by atoms with van der Waals surface area (Å²) < 4.78 is 16.2. The second kappa shape index (κ2) is 9.09. The Bertz CT molecular complexity index is 1330. The van der Waals surface area contributed by atoms with E-state index < -0.39 is 11.7 Å². The van der Waals surface area contributed by atoms with Crippen molar-refractivity contribution < 1.29 is 14.0 Å². The zero-order valence-electron chi connectivity index (χ0n) is 18.5. The summed E-state index contributed by atoms with van der Waals surface area (Å²) in [6.07, 6.45) is 2.29. The highest BCUT2D eigenvalue weighted by Crippen LogP contribution is 2.35. The van der Waals surface area contributed by atoms with E-state index in [1.807, 2.05) is 6.07 Å². The number of fused-ring (bicyclic) bond motifs is 4. The van der Waals surface area contributed by atoms with Gasteiger partial charge in [0.2, 0.25) is 0 Å². The van der Waals surface area contributed by atoms with Crippen molar-refractivity contribution in [2.45, 2.75) is 18.9 Å². The standard InChI is InChI=1S/C27H24FN3O3/c28-22-10-5-4-9-20(22)14-23(29-26(33)19-7-2-1-3-8-19)27(34)30-15-18-13-21(17-30)24-11-6-12-25(32)31(24)16-18/h1-12,14,18,21H,13,15-17H2,(H,29,33)/b23-14-. The zero-order valence-corrected chi connectivity index (χ0v) is 18.5. The molecule has 34 heavy (non-hydrogen) atoms. The van der Waals surface area contributed by atoms with Crippen molar-refractivity contribution in [2.24, 2.45) is 5.92 Å². The number of pyridine rings is 1. The first kappa shape index (κ1) is 21.8. The number of likely N-dealkylation sites (tertiary alicyclic amines) is 1. The average Bonchev–Trinajstić information content (AvgIpc) is 2.85. The number of aromatic nitrogens is 1. The molecular formula is C27H24FN3O3. The molecule has 2 aliphatic rings. The molecule has 1 saturated heterocycles. The summed E-state index contributed by atoms with van der Waals surface area (Å²) in [5.74, 6) is -1.12. The normalized spacial score (nSPS) is 19.3. The largest absolute Gasteiger partial charge is 0.336 e. The molecule has 1 N–H and O–H groups in total. The van der Waals surface area contributed by atoms with E-state index in [-0.39, 0.29) is 34.6 Å². The minimum absolute atomic E-state index is 0.0179. The van der Waals surface area contributed by atoms with Gasteiger partial charge in [-0.1, -0.05) is 42.5 Å². The fourth-order valence-corrected chi connectivity index (χ4v) is 4.92. The molecule has 0 saturated carbocycles. The summed E-state index contributed by atoms with van der Waals surface area (Å²) in [4.78, 5) is 40.5. The highest BCUT2D eigenvalue weighted by atomic mass is 19.1. The van der Waals surface area contributed by atoms with E-state index in [0.29, 0.717) is 25.2 Å². The molecule has 6 nitrogen and oxygen atoms in total. The number of nitrogens with one attached hydrogen (secondary N) is 1. The van der Waals surface area contributed by atoms with Gasteiger partial charge in [-0.25, -0.2) is 4.39 Å². The number of halogens is 1. The third-order valence-electron chi connectivity index (χ3n) is 6.49. The molecule has 7 heteroatoms. The number of amides is 2. The molecule has 172 valence electrons. The van der Waals surface area contributed by atoms with Crippen LogP contribution in [0.25, 0.3) is 6.08 Å². The fourth-order valence-electron chi connectivity index (χ4n) is 4.92. The maximum Gasteiger partial charge on any atom is 0.270 e. The highest BCUT2D eigenvalue weighted by Gasteiger charge is 2.37. The first-order valence-corrected chi connectivity index (χ1v) is 11.3. The lowest BCUT2D eigenvalue weighted by molar-refractivity contribution is -0.130. The van der Waals surface area contributed by atoms with Crippen LogP contribution in [-0.2, 0) is 11.3 Å². The van der Waals surface area contributed by atoms with Crippen LogP contribution in [0.4, 0.5) is 4.39 Å². The minimum atomic E-state index is -0.481. The molecule has 1 aromatic heterocycles. The molecule has 5 rings (SSSR count). The van der Waals surface area contributed by atoms with Crippen LogP contribution in [0.1, 0.15) is 34.0 Å². The summed E-state index contributed by atoms with van der Waals surface area (Å²) in [6, 6.07) is 19.9. The first-order chi connectivity index (χ1) is 16.5. The number of rotatable bonds is 4. The summed E-state index contributed by atoms with van der Waals surface area (Å²) in [6.45, 7) is 1.44. The molecule has 0 aliphatic carbocycles. The van der Waals surface area contributed by atoms with Crippen LogP contribution in [0.5, 0.6) is 0 Å². The van der Waals surface area contributed by atoms with Crippen molar-refractivity contribution in [1.82, 2.24) is 14.8 Å². The van der Waals surface area contributed by atoms with Crippen molar-refractivity contribution >= 4 is 17.9 Å². The predicted octanol–water partition coefficient (Wildman–Crippen LogP) is 3.40. The Hall–Kier alpha value is -4.00. The van der Waals surface area contributed by atoms with Gasteiger partial charge in [-0.3, -0.25) is 14.4 Å². The first-order valence-electron chi connectivity index (χ1n) is 11.3. The molecule has 3 aromatic rings. The van der Waals surface area contributed by atoms with Crippen LogP contribution in [0.15, 0.2) is 83.3 Å². The van der Waals surface area contributed by atoms with Gasteiger partial charge in [0, 0.05) is 48.4 Å². The van der Waals surface area contributed by atoms with Gasteiger partial charge in [0.1, 0.15) is 11.5 Å². The van der Waals surface area contributed by atoms with Gasteiger partial charge >= 0.3 is 0 Å². The van der Waals surface area contributed by atoms with Gasteiger partial charge in [-0.05, 0) is 42.7 Å². The Morgan fingerprint density at radius 2 is 1.68 bits per heavy atom. The molecule has 2 aliphatic heterocycles. The van der Waals surface area contributed by atoms with Crippen LogP contribution in [-0.4, -0.2) is 34.4 Å². The second-order valence-corrected chi connectivity index (χ2v) is 8.81. The van der Waals surface area contributed by atoms with Gasteiger partial charge in [0.05, 0.1) is 0 Å². The molecule has 0 spiro atoms. The summed E-state index contributed by atoms with van der Waals surface area (Å²) in [5.41, 5.74) is 1.53. The zero-order chi connectivity index (χ0) is 23.7. The number of piperidine rings is 1. The Morgan fingerprint density at radius 1 is 0.912 bits per heavy atom. The van der Waals surface area contributed by atoms with Gasteiger partial charge in [-0.15, -0.1) is 0 Å². The lowest BCUT2D eigenvalue weighted by Gasteiger charge is -2.43. The number of hydrogen-bond donors (Lipinski definition) is 1. The minimum Gasteiger partial charge on any atom is -0.336 e. The van der Waals surface area contributed by atoms with E-state index in [0.717, 1.165) is 12.1 Å².